The van der Waals surface area contributed by atoms with E-state index in [4.69, 9.17) is 9.47 Å². The molecule has 1 heterocycles. The van der Waals surface area contributed by atoms with E-state index in [1.807, 2.05) is 12.1 Å². The van der Waals surface area contributed by atoms with Gasteiger partial charge in [0.1, 0.15) is 5.75 Å². The van der Waals surface area contributed by atoms with Crippen LogP contribution < -0.4 is 10.1 Å². The van der Waals surface area contributed by atoms with Crippen molar-refractivity contribution in [2.24, 2.45) is 0 Å². The number of hydrogen-bond acceptors (Lipinski definition) is 3. The van der Waals surface area contributed by atoms with Gasteiger partial charge in [-0.15, -0.1) is 0 Å². The molecular formula is C16H25NO2. The molecule has 1 saturated heterocycles. The zero-order valence-corrected chi connectivity index (χ0v) is 12.2. The molecule has 0 aliphatic carbocycles. The van der Waals surface area contributed by atoms with Gasteiger partial charge in [-0.05, 0) is 43.9 Å². The minimum atomic E-state index is 0.0514. The smallest absolute Gasteiger partial charge is 0.118 e. The molecular weight excluding hydrogens is 238 g/mol. The van der Waals surface area contributed by atoms with Gasteiger partial charge in [-0.1, -0.05) is 19.1 Å². The fourth-order valence-electron chi connectivity index (χ4n) is 2.56. The average molecular weight is 263 g/mol. The van der Waals surface area contributed by atoms with E-state index in [1.165, 1.54) is 5.56 Å². The van der Waals surface area contributed by atoms with Gasteiger partial charge in [-0.2, -0.15) is 0 Å². The molecule has 0 bridgehead atoms. The van der Waals surface area contributed by atoms with E-state index >= 15 is 0 Å². The molecule has 106 valence electrons. The van der Waals surface area contributed by atoms with E-state index in [2.05, 4.69) is 31.3 Å². The second-order valence-corrected chi connectivity index (χ2v) is 5.57. The Hall–Kier alpha value is -1.06. The molecule has 1 fully saturated rings. The summed E-state index contributed by atoms with van der Waals surface area (Å²) in [5.74, 6) is 0.911. The van der Waals surface area contributed by atoms with Crippen molar-refractivity contribution < 1.29 is 9.47 Å². The highest BCUT2D eigenvalue weighted by Crippen LogP contribution is 2.27. The van der Waals surface area contributed by atoms with Crippen LogP contribution in [0.5, 0.6) is 5.75 Å². The predicted octanol–water partition coefficient (Wildman–Crippen LogP) is 3.13. The topological polar surface area (TPSA) is 30.5 Å². The molecule has 1 aromatic carbocycles. The van der Waals surface area contributed by atoms with E-state index in [0.29, 0.717) is 6.04 Å². The highest BCUT2D eigenvalue weighted by atomic mass is 16.5. The van der Waals surface area contributed by atoms with E-state index < -0.39 is 0 Å². The van der Waals surface area contributed by atoms with E-state index in [9.17, 15) is 0 Å². The third-order valence-corrected chi connectivity index (χ3v) is 4.10. The standard InChI is InChI=1S/C16H25NO2/c1-4-16(2)11-14(9-10-19-16)17-12-13-5-7-15(18-3)8-6-13/h5-8,14,17H,4,9-12H2,1-3H3. The first kappa shape index (κ1) is 14.4. The summed E-state index contributed by atoms with van der Waals surface area (Å²) < 4.78 is 11.0. The Morgan fingerprint density at radius 1 is 1.37 bits per heavy atom. The van der Waals surface area contributed by atoms with Gasteiger partial charge in [0.05, 0.1) is 12.7 Å². The Balaban J connectivity index is 1.84. The molecule has 1 N–H and O–H groups in total. The van der Waals surface area contributed by atoms with Crippen LogP contribution in [0, 0.1) is 0 Å². The minimum Gasteiger partial charge on any atom is -0.497 e. The molecule has 1 aliphatic heterocycles. The van der Waals surface area contributed by atoms with Crippen LogP contribution in [0.2, 0.25) is 0 Å². The first-order valence-corrected chi connectivity index (χ1v) is 7.15. The van der Waals surface area contributed by atoms with Gasteiger partial charge in [0, 0.05) is 19.2 Å². The van der Waals surface area contributed by atoms with Gasteiger partial charge < -0.3 is 14.8 Å². The second kappa shape index (κ2) is 6.40. The van der Waals surface area contributed by atoms with Crippen LogP contribution in [0.25, 0.3) is 0 Å². The Labute approximate surface area is 116 Å². The maximum absolute atomic E-state index is 5.87. The minimum absolute atomic E-state index is 0.0514. The van der Waals surface area contributed by atoms with Crippen molar-refractivity contribution >= 4 is 0 Å². The molecule has 0 aromatic heterocycles. The normalized spacial score (nSPS) is 27.2. The van der Waals surface area contributed by atoms with Crippen molar-refractivity contribution in [2.75, 3.05) is 13.7 Å². The fraction of sp³-hybridized carbons (Fsp3) is 0.625. The Morgan fingerprint density at radius 2 is 2.11 bits per heavy atom. The summed E-state index contributed by atoms with van der Waals surface area (Å²) >= 11 is 0. The maximum Gasteiger partial charge on any atom is 0.118 e. The Morgan fingerprint density at radius 3 is 2.74 bits per heavy atom. The Kier molecular flexibility index (Phi) is 4.83. The highest BCUT2D eigenvalue weighted by molar-refractivity contribution is 5.27. The van der Waals surface area contributed by atoms with Crippen LogP contribution in [0.3, 0.4) is 0 Å². The lowest BCUT2D eigenvalue weighted by molar-refractivity contribution is -0.0781. The largest absolute Gasteiger partial charge is 0.497 e. The van der Waals surface area contributed by atoms with E-state index in [0.717, 1.165) is 38.2 Å². The molecule has 3 heteroatoms. The van der Waals surface area contributed by atoms with Crippen LogP contribution in [0.4, 0.5) is 0 Å². The predicted molar refractivity (Wildman–Crippen MR) is 77.5 cm³/mol. The third kappa shape index (κ3) is 3.95. The summed E-state index contributed by atoms with van der Waals surface area (Å²) in [4.78, 5) is 0. The zero-order chi connectivity index (χ0) is 13.7. The highest BCUT2D eigenvalue weighted by Gasteiger charge is 2.31. The lowest BCUT2D eigenvalue weighted by atomic mass is 9.90. The molecule has 0 amide bonds. The summed E-state index contributed by atoms with van der Waals surface area (Å²) in [5, 5.41) is 3.64. The van der Waals surface area contributed by atoms with Crippen LogP contribution in [-0.2, 0) is 11.3 Å². The van der Waals surface area contributed by atoms with Crippen LogP contribution in [-0.4, -0.2) is 25.4 Å². The number of benzene rings is 1. The fourth-order valence-corrected chi connectivity index (χ4v) is 2.56. The first-order valence-electron chi connectivity index (χ1n) is 7.15. The van der Waals surface area contributed by atoms with Crippen LogP contribution >= 0.6 is 0 Å². The SMILES string of the molecule is CCC1(C)CC(NCc2ccc(OC)cc2)CCO1. The Bertz CT molecular complexity index is 390. The first-order chi connectivity index (χ1) is 9.15. The lowest BCUT2D eigenvalue weighted by Crippen LogP contribution is -2.44. The number of hydrogen-bond donors (Lipinski definition) is 1. The van der Waals surface area contributed by atoms with Crippen molar-refractivity contribution in [3.8, 4) is 5.75 Å². The molecule has 1 aromatic rings. The summed E-state index contributed by atoms with van der Waals surface area (Å²) in [6.07, 6.45) is 3.28. The summed E-state index contributed by atoms with van der Waals surface area (Å²) in [5.41, 5.74) is 1.35. The average Bonchev–Trinajstić information content (AvgIpc) is 2.46. The third-order valence-electron chi connectivity index (χ3n) is 4.10. The van der Waals surface area contributed by atoms with Gasteiger partial charge >= 0.3 is 0 Å². The monoisotopic (exact) mass is 263 g/mol. The van der Waals surface area contributed by atoms with Crippen LogP contribution in [0.1, 0.15) is 38.7 Å². The summed E-state index contributed by atoms with van der Waals surface area (Å²) in [6.45, 7) is 6.19. The quantitative estimate of drug-likeness (QED) is 0.885. The molecule has 19 heavy (non-hydrogen) atoms. The van der Waals surface area contributed by atoms with Gasteiger partial charge in [0.2, 0.25) is 0 Å². The summed E-state index contributed by atoms with van der Waals surface area (Å²) in [7, 11) is 1.70. The van der Waals surface area contributed by atoms with Crippen molar-refractivity contribution in [3.63, 3.8) is 0 Å². The van der Waals surface area contributed by atoms with Gasteiger partial charge in [-0.3, -0.25) is 0 Å². The second-order valence-electron chi connectivity index (χ2n) is 5.57. The van der Waals surface area contributed by atoms with Gasteiger partial charge in [0.15, 0.2) is 0 Å². The molecule has 2 atom stereocenters. The summed E-state index contributed by atoms with van der Waals surface area (Å²) in [6, 6.07) is 8.81. The number of ether oxygens (including phenoxy) is 2. The number of methoxy groups -OCH3 is 1. The van der Waals surface area contributed by atoms with Crippen molar-refractivity contribution in [2.45, 2.75) is 51.3 Å². The molecule has 3 nitrogen and oxygen atoms in total. The van der Waals surface area contributed by atoms with Gasteiger partial charge in [-0.25, -0.2) is 0 Å². The number of rotatable bonds is 5. The molecule has 2 rings (SSSR count). The maximum atomic E-state index is 5.87. The van der Waals surface area contributed by atoms with E-state index in [-0.39, 0.29) is 5.60 Å². The lowest BCUT2D eigenvalue weighted by Gasteiger charge is -2.38. The van der Waals surface area contributed by atoms with Crippen LogP contribution in [0.15, 0.2) is 24.3 Å². The molecule has 0 spiro atoms. The van der Waals surface area contributed by atoms with Crippen molar-refractivity contribution in [1.29, 1.82) is 0 Å². The van der Waals surface area contributed by atoms with Crippen molar-refractivity contribution in [3.05, 3.63) is 29.8 Å². The molecule has 1 aliphatic rings. The van der Waals surface area contributed by atoms with E-state index in [1.54, 1.807) is 7.11 Å². The molecule has 0 radical (unpaired) electrons. The zero-order valence-electron chi connectivity index (χ0n) is 12.2. The van der Waals surface area contributed by atoms with Crippen molar-refractivity contribution in [1.82, 2.24) is 5.32 Å². The number of nitrogens with one attached hydrogen (secondary N) is 1. The van der Waals surface area contributed by atoms with Gasteiger partial charge in [0.25, 0.3) is 0 Å². The molecule has 0 saturated carbocycles. The molecule has 2 unspecified atom stereocenters.